The predicted octanol–water partition coefficient (Wildman–Crippen LogP) is 2.62. The summed E-state index contributed by atoms with van der Waals surface area (Å²) in [6, 6.07) is 5.62. The fourth-order valence-electron chi connectivity index (χ4n) is 1.89. The zero-order valence-electron chi connectivity index (χ0n) is 12.1. The van der Waals surface area contributed by atoms with Crippen LogP contribution in [-0.4, -0.2) is 21.7 Å². The van der Waals surface area contributed by atoms with Crippen LogP contribution in [0.25, 0.3) is 0 Å². The molecule has 0 aliphatic rings. The van der Waals surface area contributed by atoms with Gasteiger partial charge in [0.2, 0.25) is 5.91 Å². The summed E-state index contributed by atoms with van der Waals surface area (Å²) in [6.45, 7) is 1.33. The molecular formula is C14H12F3N3O3. The maximum Gasteiger partial charge on any atom is 0.433 e. The molecule has 1 N–H and O–H groups in total. The zero-order chi connectivity index (χ0) is 17.2. The van der Waals surface area contributed by atoms with Crippen molar-refractivity contribution in [1.82, 2.24) is 9.78 Å². The molecule has 1 heterocycles. The third-order valence-electron chi connectivity index (χ3n) is 2.81. The molecule has 0 aliphatic heterocycles. The summed E-state index contributed by atoms with van der Waals surface area (Å²) in [5, 5.41) is 5.95. The summed E-state index contributed by atoms with van der Waals surface area (Å²) >= 11 is 0. The Morgan fingerprint density at radius 3 is 2.35 bits per heavy atom. The van der Waals surface area contributed by atoms with Gasteiger partial charge in [-0.2, -0.15) is 18.3 Å². The first-order valence-electron chi connectivity index (χ1n) is 6.37. The Kier molecular flexibility index (Phi) is 4.39. The monoisotopic (exact) mass is 327 g/mol. The van der Waals surface area contributed by atoms with Crippen molar-refractivity contribution in [3.63, 3.8) is 0 Å². The Labute approximate surface area is 128 Å². The number of esters is 1. The van der Waals surface area contributed by atoms with Crippen LogP contribution in [0.2, 0.25) is 0 Å². The van der Waals surface area contributed by atoms with Gasteiger partial charge in [-0.05, 0) is 24.3 Å². The molecule has 0 saturated heterocycles. The molecule has 23 heavy (non-hydrogen) atoms. The number of aryl methyl sites for hydroxylation is 1. The van der Waals surface area contributed by atoms with Crippen LogP contribution in [0, 0.1) is 0 Å². The van der Waals surface area contributed by atoms with E-state index in [-0.39, 0.29) is 11.7 Å². The van der Waals surface area contributed by atoms with Gasteiger partial charge in [-0.25, -0.2) is 4.79 Å². The minimum Gasteiger partial charge on any atom is -0.423 e. The third-order valence-corrected chi connectivity index (χ3v) is 2.81. The number of hydrogen-bond acceptors (Lipinski definition) is 4. The quantitative estimate of drug-likeness (QED) is 0.695. The van der Waals surface area contributed by atoms with Crippen LogP contribution in [-0.2, 0) is 18.0 Å². The van der Waals surface area contributed by atoms with E-state index in [0.717, 1.165) is 13.2 Å². The van der Waals surface area contributed by atoms with Crippen LogP contribution in [0.15, 0.2) is 30.5 Å². The van der Waals surface area contributed by atoms with Crippen molar-refractivity contribution < 1.29 is 27.5 Å². The summed E-state index contributed by atoms with van der Waals surface area (Å²) in [6.07, 6.45) is -3.92. The molecule has 0 spiro atoms. The van der Waals surface area contributed by atoms with E-state index in [2.05, 4.69) is 10.4 Å². The van der Waals surface area contributed by atoms with Crippen molar-refractivity contribution in [3.8, 4) is 5.75 Å². The van der Waals surface area contributed by atoms with Crippen LogP contribution >= 0.6 is 0 Å². The number of carbonyl (C=O) groups is 2. The van der Waals surface area contributed by atoms with Gasteiger partial charge in [-0.1, -0.05) is 0 Å². The van der Waals surface area contributed by atoms with Crippen LogP contribution < -0.4 is 10.1 Å². The second-order valence-electron chi connectivity index (χ2n) is 4.62. The van der Waals surface area contributed by atoms with E-state index in [0.29, 0.717) is 10.4 Å². The van der Waals surface area contributed by atoms with Gasteiger partial charge >= 0.3 is 12.1 Å². The molecule has 0 unspecified atom stereocenters. The van der Waals surface area contributed by atoms with Crippen LogP contribution in [0.3, 0.4) is 0 Å². The van der Waals surface area contributed by atoms with E-state index < -0.39 is 23.4 Å². The molecule has 6 nitrogen and oxygen atoms in total. The maximum absolute atomic E-state index is 12.9. The first kappa shape index (κ1) is 16.5. The number of anilines is 1. The molecular weight excluding hydrogens is 315 g/mol. The highest BCUT2D eigenvalue weighted by atomic mass is 19.4. The lowest BCUT2D eigenvalue weighted by atomic mass is 10.2. The Morgan fingerprint density at radius 2 is 1.83 bits per heavy atom. The van der Waals surface area contributed by atoms with Crippen LogP contribution in [0.5, 0.6) is 5.75 Å². The highest BCUT2D eigenvalue weighted by Gasteiger charge is 2.39. The molecule has 122 valence electrons. The molecule has 1 amide bonds. The van der Waals surface area contributed by atoms with E-state index in [4.69, 9.17) is 4.74 Å². The summed E-state index contributed by atoms with van der Waals surface area (Å²) in [5.41, 5.74) is -1.39. The van der Waals surface area contributed by atoms with E-state index >= 15 is 0 Å². The van der Waals surface area contributed by atoms with E-state index in [1.165, 1.54) is 31.2 Å². The predicted molar refractivity (Wildman–Crippen MR) is 73.9 cm³/mol. The smallest absolute Gasteiger partial charge is 0.423 e. The molecule has 1 aromatic heterocycles. The molecule has 0 bridgehead atoms. The molecule has 2 aromatic rings. The van der Waals surface area contributed by atoms with Gasteiger partial charge in [0.1, 0.15) is 11.3 Å². The molecule has 0 saturated carbocycles. The van der Waals surface area contributed by atoms with Gasteiger partial charge in [-0.15, -0.1) is 0 Å². The SMILES string of the molecule is CC(=O)Nc1ccc(OC(=O)c2cnn(C)c2C(F)(F)F)cc1. The average Bonchev–Trinajstić information content (AvgIpc) is 2.82. The van der Waals surface area contributed by atoms with E-state index in [1.807, 2.05) is 0 Å². The number of amides is 1. The number of aromatic nitrogens is 2. The normalized spacial score (nSPS) is 11.2. The Hall–Kier alpha value is -2.84. The Balaban J connectivity index is 2.18. The second-order valence-corrected chi connectivity index (χ2v) is 4.62. The van der Waals surface area contributed by atoms with Crippen LogP contribution in [0.1, 0.15) is 23.0 Å². The van der Waals surface area contributed by atoms with Gasteiger partial charge in [0.25, 0.3) is 0 Å². The largest absolute Gasteiger partial charge is 0.433 e. The molecule has 0 atom stereocenters. The Bertz CT molecular complexity index is 736. The molecule has 1 aromatic carbocycles. The number of nitrogens with zero attached hydrogens (tertiary/aromatic N) is 2. The molecule has 2 rings (SSSR count). The van der Waals surface area contributed by atoms with Gasteiger partial charge < -0.3 is 10.1 Å². The number of rotatable bonds is 3. The van der Waals surface area contributed by atoms with Crippen molar-refractivity contribution in [3.05, 3.63) is 41.7 Å². The van der Waals surface area contributed by atoms with Crippen molar-refractivity contribution in [1.29, 1.82) is 0 Å². The number of carbonyl (C=O) groups excluding carboxylic acids is 2. The number of benzene rings is 1. The van der Waals surface area contributed by atoms with Crippen molar-refractivity contribution in [2.75, 3.05) is 5.32 Å². The molecule has 0 radical (unpaired) electrons. The van der Waals surface area contributed by atoms with Crippen LogP contribution in [0.4, 0.5) is 18.9 Å². The second kappa shape index (κ2) is 6.11. The fourth-order valence-corrected chi connectivity index (χ4v) is 1.89. The third kappa shape index (κ3) is 3.87. The van der Waals surface area contributed by atoms with Gasteiger partial charge in [0, 0.05) is 19.7 Å². The minimum atomic E-state index is -4.73. The Morgan fingerprint density at radius 1 is 1.22 bits per heavy atom. The minimum absolute atomic E-state index is 0.0427. The summed E-state index contributed by atoms with van der Waals surface area (Å²) in [4.78, 5) is 22.8. The number of alkyl halides is 3. The molecule has 9 heteroatoms. The lowest BCUT2D eigenvalue weighted by Gasteiger charge is -2.10. The topological polar surface area (TPSA) is 73.2 Å². The van der Waals surface area contributed by atoms with Crippen molar-refractivity contribution >= 4 is 17.6 Å². The highest BCUT2D eigenvalue weighted by Crippen LogP contribution is 2.32. The van der Waals surface area contributed by atoms with Gasteiger partial charge in [-0.3, -0.25) is 9.48 Å². The van der Waals surface area contributed by atoms with Gasteiger partial charge in [0.05, 0.1) is 6.20 Å². The highest BCUT2D eigenvalue weighted by molar-refractivity contribution is 5.92. The van der Waals surface area contributed by atoms with E-state index in [9.17, 15) is 22.8 Å². The van der Waals surface area contributed by atoms with Crippen molar-refractivity contribution in [2.45, 2.75) is 13.1 Å². The van der Waals surface area contributed by atoms with Gasteiger partial charge in [0.15, 0.2) is 5.69 Å². The number of halogens is 3. The fraction of sp³-hybridized carbons (Fsp3) is 0.214. The number of nitrogens with one attached hydrogen (secondary N) is 1. The number of ether oxygens (including phenoxy) is 1. The standard InChI is InChI=1S/C14H12F3N3O3/c1-8(21)19-9-3-5-10(6-4-9)23-13(22)11-7-18-20(2)12(11)14(15,16)17/h3-7H,1-2H3,(H,19,21). The summed E-state index contributed by atoms with van der Waals surface area (Å²) < 4.78 is 44.2. The maximum atomic E-state index is 12.9. The molecule has 0 aliphatic carbocycles. The zero-order valence-corrected chi connectivity index (χ0v) is 12.1. The lowest BCUT2D eigenvalue weighted by molar-refractivity contribution is -0.144. The van der Waals surface area contributed by atoms with Crippen molar-refractivity contribution in [2.24, 2.45) is 7.05 Å². The van der Waals surface area contributed by atoms with E-state index in [1.54, 1.807) is 0 Å². The lowest BCUT2D eigenvalue weighted by Crippen LogP contribution is -2.18. The summed E-state index contributed by atoms with van der Waals surface area (Å²) in [7, 11) is 1.09. The number of hydrogen-bond donors (Lipinski definition) is 1. The first-order chi connectivity index (χ1) is 10.7. The summed E-state index contributed by atoms with van der Waals surface area (Å²) in [5.74, 6) is -1.40. The first-order valence-corrected chi connectivity index (χ1v) is 6.37. The average molecular weight is 327 g/mol. The molecule has 0 fully saturated rings.